The number of methoxy groups -OCH3 is 2. The van der Waals surface area contributed by atoms with E-state index >= 15 is 0 Å². The third kappa shape index (κ3) is 3.48. The molecule has 0 heterocycles. The van der Waals surface area contributed by atoms with Crippen molar-refractivity contribution in [2.45, 2.75) is 6.92 Å². The van der Waals surface area contributed by atoms with Gasteiger partial charge in [0.05, 0.1) is 19.8 Å². The molecule has 0 saturated heterocycles. The number of halogens is 1. The summed E-state index contributed by atoms with van der Waals surface area (Å²) in [6, 6.07) is 3.09. The van der Waals surface area contributed by atoms with Crippen molar-refractivity contribution in [3.63, 3.8) is 0 Å². The van der Waals surface area contributed by atoms with Crippen LogP contribution in [0.25, 0.3) is 5.76 Å². The number of esters is 1. The summed E-state index contributed by atoms with van der Waals surface area (Å²) in [5.74, 6) is -2.09. The Morgan fingerprint density at radius 3 is 2.47 bits per heavy atom. The molecule has 0 amide bonds. The first kappa shape index (κ1) is 15.0. The maximum absolute atomic E-state index is 11.3. The van der Waals surface area contributed by atoms with Crippen LogP contribution in [0.4, 0.5) is 0 Å². The second-order valence-electron chi connectivity index (χ2n) is 3.69. The predicted molar refractivity (Wildman–Crippen MR) is 70.4 cm³/mol. The van der Waals surface area contributed by atoms with Gasteiger partial charge in [0.2, 0.25) is 0 Å². The molecule has 0 aliphatic carbocycles. The van der Waals surface area contributed by atoms with Crippen LogP contribution >= 0.6 is 11.6 Å². The molecule has 1 aromatic carbocycles. The van der Waals surface area contributed by atoms with Crippen molar-refractivity contribution in [3.8, 4) is 5.75 Å². The van der Waals surface area contributed by atoms with Crippen molar-refractivity contribution in [2.24, 2.45) is 0 Å². The van der Waals surface area contributed by atoms with Crippen molar-refractivity contribution in [1.82, 2.24) is 0 Å². The van der Waals surface area contributed by atoms with Crippen molar-refractivity contribution in [1.29, 1.82) is 0 Å². The van der Waals surface area contributed by atoms with Crippen LogP contribution in [0.1, 0.15) is 11.1 Å². The fourth-order valence-corrected chi connectivity index (χ4v) is 1.83. The molecule has 0 spiro atoms. The second-order valence-corrected chi connectivity index (χ2v) is 4.13. The fourth-order valence-electron chi connectivity index (χ4n) is 1.55. The van der Waals surface area contributed by atoms with E-state index in [1.807, 2.05) is 0 Å². The second kappa shape index (κ2) is 6.24. The summed E-state index contributed by atoms with van der Waals surface area (Å²) in [6.45, 7) is 1.74. The summed E-state index contributed by atoms with van der Waals surface area (Å²) in [5, 5.41) is 10.3. The number of ketones is 1. The number of hydrogen-bond acceptors (Lipinski definition) is 5. The molecule has 1 N–H and O–H groups in total. The molecule has 0 aromatic heterocycles. The number of carbonyl (C=O) groups is 2. The molecule has 0 saturated carbocycles. The maximum atomic E-state index is 11.3. The van der Waals surface area contributed by atoms with Gasteiger partial charge >= 0.3 is 5.97 Å². The Balaban J connectivity index is 3.26. The zero-order chi connectivity index (χ0) is 14.6. The fraction of sp³-hybridized carbons (Fsp3) is 0.231. The lowest BCUT2D eigenvalue weighted by Gasteiger charge is -2.11. The molecule has 5 nitrogen and oxygen atoms in total. The lowest BCUT2D eigenvalue weighted by molar-refractivity contribution is -0.149. The lowest BCUT2D eigenvalue weighted by atomic mass is 10.1. The first-order valence-corrected chi connectivity index (χ1v) is 5.66. The van der Waals surface area contributed by atoms with Crippen LogP contribution < -0.4 is 4.74 Å². The van der Waals surface area contributed by atoms with Crippen molar-refractivity contribution < 1.29 is 24.2 Å². The molecule has 102 valence electrons. The van der Waals surface area contributed by atoms with Gasteiger partial charge in [-0.05, 0) is 24.6 Å². The molecule has 1 aromatic rings. The maximum Gasteiger partial charge on any atom is 0.378 e. The number of rotatable bonds is 4. The van der Waals surface area contributed by atoms with Crippen molar-refractivity contribution in [3.05, 3.63) is 34.4 Å². The standard InChI is InChI=1S/C13H13ClO5/c1-7-4-8(14)5-9(12(7)18-2)10(15)6-11(16)13(17)19-3/h4-6,15H,1-3H3/b10-6-. The normalized spacial score (nSPS) is 11.1. The van der Waals surface area contributed by atoms with Crippen LogP contribution in [0.2, 0.25) is 5.02 Å². The molecule has 0 unspecified atom stereocenters. The molecular formula is C13H13ClO5. The Hall–Kier alpha value is -2.01. The molecule has 1 rings (SSSR count). The van der Waals surface area contributed by atoms with Crippen LogP contribution in [0.5, 0.6) is 5.75 Å². The summed E-state index contributed by atoms with van der Waals surface area (Å²) in [6.07, 6.45) is 0.763. The minimum absolute atomic E-state index is 0.227. The van der Waals surface area contributed by atoms with E-state index in [-0.39, 0.29) is 5.56 Å². The quantitative estimate of drug-likeness (QED) is 0.397. The highest BCUT2D eigenvalue weighted by Crippen LogP contribution is 2.31. The Labute approximate surface area is 115 Å². The van der Waals surface area contributed by atoms with Gasteiger partial charge in [-0.3, -0.25) is 4.79 Å². The van der Waals surface area contributed by atoms with Gasteiger partial charge in [0.15, 0.2) is 0 Å². The number of hydrogen-bond donors (Lipinski definition) is 1. The zero-order valence-corrected chi connectivity index (χ0v) is 11.4. The van der Waals surface area contributed by atoms with Crippen LogP contribution in [0.3, 0.4) is 0 Å². The summed E-state index contributed by atoms with van der Waals surface area (Å²) < 4.78 is 9.38. The molecule has 19 heavy (non-hydrogen) atoms. The SMILES string of the molecule is COC(=O)C(=O)/C=C(\O)c1cc(Cl)cc(C)c1OC. The molecule has 0 bridgehead atoms. The van der Waals surface area contributed by atoms with Gasteiger partial charge in [0.1, 0.15) is 11.5 Å². The summed E-state index contributed by atoms with van der Waals surface area (Å²) in [4.78, 5) is 22.3. The molecule has 0 aliphatic heterocycles. The van der Waals surface area contributed by atoms with E-state index in [0.29, 0.717) is 16.3 Å². The Bertz CT molecular complexity index is 548. The molecule has 0 atom stereocenters. The molecule has 0 fully saturated rings. The largest absolute Gasteiger partial charge is 0.507 e. The third-order valence-electron chi connectivity index (χ3n) is 2.37. The van der Waals surface area contributed by atoms with Crippen LogP contribution in [0.15, 0.2) is 18.2 Å². The number of aliphatic hydroxyl groups is 1. The highest BCUT2D eigenvalue weighted by atomic mass is 35.5. The average Bonchev–Trinajstić information content (AvgIpc) is 2.36. The third-order valence-corrected chi connectivity index (χ3v) is 2.59. The topological polar surface area (TPSA) is 72.8 Å². The van der Waals surface area contributed by atoms with Crippen molar-refractivity contribution in [2.75, 3.05) is 14.2 Å². The van der Waals surface area contributed by atoms with Gasteiger partial charge in [-0.25, -0.2) is 4.79 Å². The van der Waals surface area contributed by atoms with Gasteiger partial charge in [-0.15, -0.1) is 0 Å². The van der Waals surface area contributed by atoms with Crippen LogP contribution in [-0.4, -0.2) is 31.1 Å². The lowest BCUT2D eigenvalue weighted by Crippen LogP contribution is -2.13. The smallest absolute Gasteiger partial charge is 0.378 e. The zero-order valence-electron chi connectivity index (χ0n) is 10.7. The number of benzene rings is 1. The highest BCUT2D eigenvalue weighted by Gasteiger charge is 2.16. The average molecular weight is 285 g/mol. The highest BCUT2D eigenvalue weighted by molar-refractivity contribution is 6.39. The van der Waals surface area contributed by atoms with Gasteiger partial charge in [-0.1, -0.05) is 11.6 Å². The predicted octanol–water partition coefficient (Wildman–Crippen LogP) is 2.30. The molecule has 0 aliphatic rings. The van der Waals surface area contributed by atoms with Crippen LogP contribution in [0, 0.1) is 6.92 Å². The number of aryl methyl sites for hydroxylation is 1. The Kier molecular flexibility index (Phi) is 4.94. The first-order chi connectivity index (χ1) is 8.90. The number of ether oxygens (including phenoxy) is 2. The van der Waals surface area contributed by atoms with Crippen LogP contribution in [-0.2, 0) is 14.3 Å². The van der Waals surface area contributed by atoms with E-state index in [9.17, 15) is 14.7 Å². The summed E-state index contributed by atoms with van der Waals surface area (Å²) >= 11 is 5.88. The van der Waals surface area contributed by atoms with Gasteiger partial charge < -0.3 is 14.6 Å². The monoisotopic (exact) mass is 284 g/mol. The van der Waals surface area contributed by atoms with Gasteiger partial charge in [0, 0.05) is 11.1 Å². The minimum atomic E-state index is -1.07. The van der Waals surface area contributed by atoms with Crippen molar-refractivity contribution >= 4 is 29.1 Å². The van der Waals surface area contributed by atoms with E-state index < -0.39 is 17.5 Å². The van der Waals surface area contributed by atoms with E-state index in [1.54, 1.807) is 13.0 Å². The Morgan fingerprint density at radius 2 is 1.95 bits per heavy atom. The number of carbonyl (C=O) groups excluding carboxylic acids is 2. The summed E-state index contributed by atoms with van der Waals surface area (Å²) in [5.41, 5.74) is 0.917. The number of aliphatic hydroxyl groups excluding tert-OH is 1. The summed E-state index contributed by atoms with van der Waals surface area (Å²) in [7, 11) is 2.50. The van der Waals surface area contributed by atoms with E-state index in [4.69, 9.17) is 16.3 Å². The molecule has 0 radical (unpaired) electrons. The van der Waals surface area contributed by atoms with Gasteiger partial charge in [-0.2, -0.15) is 0 Å². The molecular weight excluding hydrogens is 272 g/mol. The first-order valence-electron chi connectivity index (χ1n) is 5.28. The van der Waals surface area contributed by atoms with E-state index in [0.717, 1.165) is 13.2 Å². The minimum Gasteiger partial charge on any atom is -0.507 e. The Morgan fingerprint density at radius 1 is 1.32 bits per heavy atom. The van der Waals surface area contributed by atoms with Gasteiger partial charge in [0.25, 0.3) is 5.78 Å². The van der Waals surface area contributed by atoms with E-state index in [2.05, 4.69) is 4.74 Å². The van der Waals surface area contributed by atoms with E-state index in [1.165, 1.54) is 13.2 Å². The molecule has 6 heteroatoms.